The number of likely N-dealkylation sites (tertiary alicyclic amines) is 1. The van der Waals surface area contributed by atoms with Gasteiger partial charge >= 0.3 is 0 Å². The standard InChI is InChI=1S/C25H24N4O3S2/c30-25(28-15-13-20(14-16-28)27-34(31,32)23-12-7-17-33-23)22-18-29(21-10-5-2-6-11-21)26-24(22)19-8-3-1-4-9-19/h1-12,17-18,20,27H,13-16H2. The van der Waals surface area contributed by atoms with Gasteiger partial charge in [-0.1, -0.05) is 54.6 Å². The van der Waals surface area contributed by atoms with Crippen molar-refractivity contribution in [3.05, 3.63) is 89.9 Å². The number of nitrogens with one attached hydrogen (secondary N) is 1. The average molecular weight is 493 g/mol. The summed E-state index contributed by atoms with van der Waals surface area (Å²) in [5, 5.41) is 6.48. The number of amides is 1. The number of para-hydroxylation sites is 1. The number of rotatable bonds is 6. The second-order valence-corrected chi connectivity index (χ2v) is 11.0. The Kier molecular flexibility index (Phi) is 6.32. The van der Waals surface area contributed by atoms with Crippen molar-refractivity contribution >= 4 is 27.3 Å². The van der Waals surface area contributed by atoms with Crippen molar-refractivity contribution in [2.75, 3.05) is 13.1 Å². The molecule has 3 heterocycles. The predicted molar refractivity (Wildman–Crippen MR) is 133 cm³/mol. The quantitative estimate of drug-likeness (QED) is 0.438. The highest BCUT2D eigenvalue weighted by molar-refractivity contribution is 7.91. The van der Waals surface area contributed by atoms with Crippen molar-refractivity contribution in [2.24, 2.45) is 0 Å². The number of hydrogen-bond donors (Lipinski definition) is 1. The Bertz CT molecular complexity index is 1360. The van der Waals surface area contributed by atoms with Gasteiger partial charge in [0.1, 0.15) is 9.90 Å². The van der Waals surface area contributed by atoms with Gasteiger partial charge in [0, 0.05) is 30.9 Å². The van der Waals surface area contributed by atoms with Crippen molar-refractivity contribution in [1.82, 2.24) is 19.4 Å². The first-order valence-electron chi connectivity index (χ1n) is 11.1. The zero-order valence-electron chi connectivity index (χ0n) is 18.4. The van der Waals surface area contributed by atoms with Crippen LogP contribution in [0.25, 0.3) is 16.9 Å². The topological polar surface area (TPSA) is 84.3 Å². The molecule has 4 aromatic rings. The molecule has 34 heavy (non-hydrogen) atoms. The summed E-state index contributed by atoms with van der Waals surface area (Å²) in [5.41, 5.74) is 2.92. The second-order valence-electron chi connectivity index (χ2n) is 8.16. The van der Waals surface area contributed by atoms with Crippen LogP contribution >= 0.6 is 11.3 Å². The highest BCUT2D eigenvalue weighted by Crippen LogP contribution is 2.26. The van der Waals surface area contributed by atoms with Crippen LogP contribution in [0.3, 0.4) is 0 Å². The predicted octanol–water partition coefficient (Wildman–Crippen LogP) is 4.18. The molecule has 7 nitrogen and oxygen atoms in total. The monoisotopic (exact) mass is 492 g/mol. The third-order valence-corrected chi connectivity index (χ3v) is 8.79. The smallest absolute Gasteiger partial charge is 0.257 e. The number of carbonyl (C=O) groups excluding carboxylic acids is 1. The number of piperidine rings is 1. The van der Waals surface area contributed by atoms with Gasteiger partial charge in [-0.15, -0.1) is 11.3 Å². The van der Waals surface area contributed by atoms with Crippen LogP contribution in [0.1, 0.15) is 23.2 Å². The molecule has 0 aliphatic carbocycles. The van der Waals surface area contributed by atoms with Gasteiger partial charge in [0.25, 0.3) is 5.91 Å². The zero-order chi connectivity index (χ0) is 23.5. The van der Waals surface area contributed by atoms with E-state index in [9.17, 15) is 13.2 Å². The van der Waals surface area contributed by atoms with E-state index in [1.54, 1.807) is 33.3 Å². The molecule has 2 aromatic carbocycles. The second kappa shape index (κ2) is 9.54. The highest BCUT2D eigenvalue weighted by atomic mass is 32.2. The lowest BCUT2D eigenvalue weighted by Crippen LogP contribution is -2.46. The van der Waals surface area contributed by atoms with E-state index in [4.69, 9.17) is 5.10 Å². The van der Waals surface area contributed by atoms with Gasteiger partial charge in [-0.3, -0.25) is 4.79 Å². The van der Waals surface area contributed by atoms with Crippen molar-refractivity contribution in [2.45, 2.75) is 23.1 Å². The fraction of sp³-hybridized carbons (Fsp3) is 0.200. The van der Waals surface area contributed by atoms with Crippen molar-refractivity contribution in [3.8, 4) is 16.9 Å². The fourth-order valence-corrected chi connectivity index (χ4v) is 6.43. The zero-order valence-corrected chi connectivity index (χ0v) is 20.0. The van der Waals surface area contributed by atoms with E-state index in [2.05, 4.69) is 4.72 Å². The van der Waals surface area contributed by atoms with E-state index in [-0.39, 0.29) is 11.9 Å². The minimum absolute atomic E-state index is 0.0967. The Labute approximate surface area is 202 Å². The normalized spacial score (nSPS) is 14.9. The lowest BCUT2D eigenvalue weighted by molar-refractivity contribution is 0.0712. The van der Waals surface area contributed by atoms with Crippen molar-refractivity contribution < 1.29 is 13.2 Å². The first-order valence-corrected chi connectivity index (χ1v) is 13.4. The summed E-state index contributed by atoms with van der Waals surface area (Å²) in [4.78, 5) is 15.3. The van der Waals surface area contributed by atoms with Gasteiger partial charge in [0.15, 0.2) is 0 Å². The molecule has 1 aliphatic rings. The van der Waals surface area contributed by atoms with E-state index in [0.717, 1.165) is 11.3 Å². The molecular formula is C25H24N4O3S2. The Morgan fingerprint density at radius 3 is 2.26 bits per heavy atom. The molecule has 2 aromatic heterocycles. The Morgan fingerprint density at radius 2 is 1.62 bits per heavy atom. The maximum absolute atomic E-state index is 13.6. The number of nitrogens with zero attached hydrogens (tertiary/aromatic N) is 3. The molecule has 9 heteroatoms. The number of thiophene rings is 1. The Hall–Kier alpha value is -3.27. The number of aromatic nitrogens is 2. The third-order valence-electron chi connectivity index (χ3n) is 5.88. The Morgan fingerprint density at radius 1 is 0.941 bits per heavy atom. The van der Waals surface area contributed by atoms with Gasteiger partial charge in [0.05, 0.1) is 11.3 Å². The van der Waals surface area contributed by atoms with Gasteiger partial charge in [-0.2, -0.15) is 5.10 Å². The maximum atomic E-state index is 13.6. The largest absolute Gasteiger partial charge is 0.338 e. The van der Waals surface area contributed by atoms with Crippen molar-refractivity contribution in [3.63, 3.8) is 0 Å². The van der Waals surface area contributed by atoms with Gasteiger partial charge in [-0.25, -0.2) is 17.8 Å². The molecule has 0 spiro atoms. The molecule has 0 radical (unpaired) electrons. The first-order chi connectivity index (χ1) is 16.5. The van der Waals surface area contributed by atoms with E-state index in [1.165, 1.54) is 11.3 Å². The molecular weight excluding hydrogens is 468 g/mol. The summed E-state index contributed by atoms with van der Waals surface area (Å²) >= 11 is 1.20. The van der Waals surface area contributed by atoms with Crippen LogP contribution in [0.4, 0.5) is 0 Å². The number of hydrogen-bond acceptors (Lipinski definition) is 5. The lowest BCUT2D eigenvalue weighted by Gasteiger charge is -2.32. The summed E-state index contributed by atoms with van der Waals surface area (Å²) in [6, 6.07) is 22.5. The van der Waals surface area contributed by atoms with Crippen LogP contribution in [0, 0.1) is 0 Å². The van der Waals surface area contributed by atoms with Crippen LogP contribution in [0.5, 0.6) is 0 Å². The minimum atomic E-state index is -3.52. The molecule has 0 saturated carbocycles. The van der Waals surface area contributed by atoms with Crippen LogP contribution < -0.4 is 4.72 Å². The van der Waals surface area contributed by atoms with Crippen LogP contribution in [0.2, 0.25) is 0 Å². The first kappa shape index (κ1) is 22.5. The van der Waals surface area contributed by atoms with Gasteiger partial charge in [-0.05, 0) is 36.4 Å². The average Bonchev–Trinajstić information content (AvgIpc) is 3.56. The molecule has 0 atom stereocenters. The lowest BCUT2D eigenvalue weighted by atomic mass is 10.0. The maximum Gasteiger partial charge on any atom is 0.257 e. The molecule has 1 saturated heterocycles. The summed E-state index contributed by atoms with van der Waals surface area (Å²) in [6.07, 6.45) is 2.90. The number of carbonyl (C=O) groups is 1. The van der Waals surface area contributed by atoms with Crippen LogP contribution in [-0.2, 0) is 10.0 Å². The molecule has 5 rings (SSSR count). The fourth-order valence-electron chi connectivity index (χ4n) is 4.12. The molecule has 1 N–H and O–H groups in total. The van der Waals surface area contributed by atoms with E-state index < -0.39 is 10.0 Å². The molecule has 174 valence electrons. The number of benzene rings is 2. The van der Waals surface area contributed by atoms with E-state index in [0.29, 0.717) is 41.4 Å². The highest BCUT2D eigenvalue weighted by Gasteiger charge is 2.29. The number of sulfonamides is 1. The van der Waals surface area contributed by atoms with Gasteiger partial charge in [0.2, 0.25) is 10.0 Å². The third kappa shape index (κ3) is 4.68. The summed E-state index contributed by atoms with van der Waals surface area (Å²) in [6.45, 7) is 0.947. The summed E-state index contributed by atoms with van der Waals surface area (Å²) in [7, 11) is -3.52. The molecule has 1 aliphatic heterocycles. The molecule has 1 amide bonds. The van der Waals surface area contributed by atoms with Crippen LogP contribution in [-0.4, -0.2) is 48.1 Å². The van der Waals surface area contributed by atoms with Gasteiger partial charge < -0.3 is 4.90 Å². The molecule has 0 bridgehead atoms. The molecule has 1 fully saturated rings. The van der Waals surface area contributed by atoms with E-state index in [1.807, 2.05) is 60.7 Å². The summed E-state index contributed by atoms with van der Waals surface area (Å²) < 4.78 is 29.9. The minimum Gasteiger partial charge on any atom is -0.338 e. The molecule has 0 unspecified atom stereocenters. The van der Waals surface area contributed by atoms with Crippen molar-refractivity contribution in [1.29, 1.82) is 0 Å². The Balaban J connectivity index is 1.35. The summed E-state index contributed by atoms with van der Waals surface area (Å²) in [5.74, 6) is -0.0967. The van der Waals surface area contributed by atoms with Crippen LogP contribution in [0.15, 0.2) is 88.6 Å². The van der Waals surface area contributed by atoms with E-state index >= 15 is 0 Å². The SMILES string of the molecule is O=C(c1cn(-c2ccccc2)nc1-c1ccccc1)N1CCC(NS(=O)(=O)c2cccs2)CC1.